The summed E-state index contributed by atoms with van der Waals surface area (Å²) in [6.07, 6.45) is -1.00. The molecule has 0 aliphatic heterocycles. The first-order valence-corrected chi connectivity index (χ1v) is 8.28. The van der Waals surface area contributed by atoms with Gasteiger partial charge in [0.05, 0.1) is 21.3 Å². The van der Waals surface area contributed by atoms with Gasteiger partial charge in [-0.25, -0.2) is 4.79 Å². The molecule has 0 saturated heterocycles. The zero-order valence-corrected chi connectivity index (χ0v) is 16.0. The minimum absolute atomic E-state index is 0.267. The number of anilines is 1. The number of carbonyl (C=O) groups excluding carboxylic acids is 2. The number of carbonyl (C=O) groups is 2. The average molecular weight is 373 g/mol. The Hall–Kier alpha value is -3.22. The number of ether oxygens (including phenoxy) is 4. The van der Waals surface area contributed by atoms with Crippen LogP contribution in [0.15, 0.2) is 36.4 Å². The first-order chi connectivity index (χ1) is 12.9. The second-order valence-electron chi connectivity index (χ2n) is 5.81. The van der Waals surface area contributed by atoms with E-state index in [1.165, 1.54) is 28.3 Å². The van der Waals surface area contributed by atoms with Gasteiger partial charge in [0.15, 0.2) is 17.6 Å². The molecule has 2 aromatic rings. The van der Waals surface area contributed by atoms with Gasteiger partial charge in [-0.3, -0.25) is 4.79 Å². The van der Waals surface area contributed by atoms with Crippen molar-refractivity contribution in [1.82, 2.24) is 0 Å². The molecule has 0 spiro atoms. The molecule has 1 amide bonds. The normalized spacial score (nSPS) is 11.3. The van der Waals surface area contributed by atoms with E-state index < -0.39 is 18.0 Å². The van der Waals surface area contributed by atoms with Gasteiger partial charge in [0.25, 0.3) is 5.91 Å². The van der Waals surface area contributed by atoms with Crippen LogP contribution in [0.4, 0.5) is 5.69 Å². The molecule has 0 bridgehead atoms. The summed E-state index contributed by atoms with van der Waals surface area (Å²) >= 11 is 0. The summed E-state index contributed by atoms with van der Waals surface area (Å²) in [6, 6.07) is 10.1. The summed E-state index contributed by atoms with van der Waals surface area (Å²) in [6.45, 7) is 3.35. The highest BCUT2D eigenvalue weighted by atomic mass is 16.5. The largest absolute Gasteiger partial charge is 0.496 e. The molecule has 0 saturated carbocycles. The number of rotatable bonds is 7. The average Bonchev–Trinajstić information content (AvgIpc) is 2.67. The highest BCUT2D eigenvalue weighted by Crippen LogP contribution is 2.30. The van der Waals surface area contributed by atoms with Crippen molar-refractivity contribution in [3.63, 3.8) is 0 Å². The predicted molar refractivity (Wildman–Crippen MR) is 101 cm³/mol. The molecule has 0 aliphatic carbocycles. The highest BCUT2D eigenvalue weighted by molar-refractivity contribution is 5.98. The summed E-state index contributed by atoms with van der Waals surface area (Å²) in [7, 11) is 4.49. The van der Waals surface area contributed by atoms with Gasteiger partial charge >= 0.3 is 5.97 Å². The summed E-state index contributed by atoms with van der Waals surface area (Å²) < 4.78 is 20.8. The quantitative estimate of drug-likeness (QED) is 0.751. The lowest BCUT2D eigenvalue weighted by molar-refractivity contribution is -0.123. The van der Waals surface area contributed by atoms with Gasteiger partial charge in [-0.2, -0.15) is 0 Å². The van der Waals surface area contributed by atoms with Crippen molar-refractivity contribution in [2.75, 3.05) is 26.6 Å². The highest BCUT2D eigenvalue weighted by Gasteiger charge is 2.22. The third-order valence-electron chi connectivity index (χ3n) is 3.88. The maximum absolute atomic E-state index is 12.4. The fourth-order valence-electron chi connectivity index (χ4n) is 2.42. The number of aryl methyl sites for hydroxylation is 1. The van der Waals surface area contributed by atoms with Crippen molar-refractivity contribution in [2.45, 2.75) is 20.0 Å². The van der Waals surface area contributed by atoms with Crippen LogP contribution in [0.25, 0.3) is 0 Å². The van der Waals surface area contributed by atoms with E-state index in [0.717, 1.165) is 5.56 Å². The van der Waals surface area contributed by atoms with Gasteiger partial charge in [0, 0.05) is 11.8 Å². The molecule has 1 atom stereocenters. The monoisotopic (exact) mass is 373 g/mol. The van der Waals surface area contributed by atoms with Gasteiger partial charge in [-0.1, -0.05) is 11.6 Å². The van der Waals surface area contributed by atoms with Gasteiger partial charge < -0.3 is 24.3 Å². The van der Waals surface area contributed by atoms with Crippen LogP contribution in [0.1, 0.15) is 22.8 Å². The Labute approximate surface area is 158 Å². The van der Waals surface area contributed by atoms with Crippen LogP contribution in [0.3, 0.4) is 0 Å². The van der Waals surface area contributed by atoms with E-state index in [9.17, 15) is 9.59 Å². The number of methoxy groups -OCH3 is 3. The fourth-order valence-corrected chi connectivity index (χ4v) is 2.42. The first kappa shape index (κ1) is 20.1. The van der Waals surface area contributed by atoms with Gasteiger partial charge in [-0.15, -0.1) is 0 Å². The number of amides is 1. The molecule has 0 radical (unpaired) electrons. The Kier molecular flexibility index (Phi) is 6.65. The molecule has 2 aromatic carbocycles. The third-order valence-corrected chi connectivity index (χ3v) is 3.88. The number of esters is 1. The third kappa shape index (κ3) is 4.91. The number of benzene rings is 2. The maximum atomic E-state index is 12.4. The molecular weight excluding hydrogens is 350 g/mol. The number of nitrogens with one attached hydrogen (secondary N) is 1. The summed E-state index contributed by atoms with van der Waals surface area (Å²) in [4.78, 5) is 24.8. The van der Waals surface area contributed by atoms with Crippen molar-refractivity contribution in [3.8, 4) is 17.2 Å². The van der Waals surface area contributed by atoms with E-state index in [4.69, 9.17) is 18.9 Å². The molecule has 144 valence electrons. The number of hydrogen-bond donors (Lipinski definition) is 1. The van der Waals surface area contributed by atoms with Crippen LogP contribution in [0.5, 0.6) is 17.2 Å². The van der Waals surface area contributed by atoms with Crippen molar-refractivity contribution in [3.05, 3.63) is 47.5 Å². The zero-order chi connectivity index (χ0) is 20.0. The van der Waals surface area contributed by atoms with E-state index in [1.807, 2.05) is 13.0 Å². The molecule has 0 unspecified atom stereocenters. The van der Waals surface area contributed by atoms with Crippen LogP contribution < -0.4 is 19.5 Å². The minimum atomic E-state index is -1.00. The lowest BCUT2D eigenvalue weighted by atomic mass is 10.1. The Bertz CT molecular complexity index is 833. The molecule has 0 aromatic heterocycles. The van der Waals surface area contributed by atoms with E-state index in [1.54, 1.807) is 30.3 Å². The second-order valence-corrected chi connectivity index (χ2v) is 5.81. The second kappa shape index (κ2) is 8.93. The molecule has 0 heterocycles. The van der Waals surface area contributed by atoms with Gasteiger partial charge in [0.2, 0.25) is 0 Å². The van der Waals surface area contributed by atoms with Gasteiger partial charge in [0.1, 0.15) is 11.3 Å². The smallest absolute Gasteiger partial charge is 0.342 e. The Morgan fingerprint density at radius 1 is 0.889 bits per heavy atom. The standard InChI is InChI=1S/C20H23NO6/c1-12-6-8-16(24-3)15(10-12)20(23)27-13(2)19(22)21-14-7-9-17(25-4)18(11-14)26-5/h6-11,13H,1-5H3,(H,21,22)/t13-/m1/s1. The van der Waals surface area contributed by atoms with Crippen molar-refractivity contribution in [1.29, 1.82) is 0 Å². The van der Waals surface area contributed by atoms with E-state index >= 15 is 0 Å². The molecule has 7 nitrogen and oxygen atoms in total. The summed E-state index contributed by atoms with van der Waals surface area (Å²) in [5.74, 6) is 0.303. The molecule has 27 heavy (non-hydrogen) atoms. The van der Waals surface area contributed by atoms with Crippen LogP contribution >= 0.6 is 0 Å². The first-order valence-electron chi connectivity index (χ1n) is 8.28. The zero-order valence-electron chi connectivity index (χ0n) is 16.0. The lowest BCUT2D eigenvalue weighted by Gasteiger charge is -2.16. The Morgan fingerprint density at radius 2 is 1.52 bits per heavy atom. The fraction of sp³-hybridized carbons (Fsp3) is 0.300. The molecule has 0 aliphatic rings. The van der Waals surface area contributed by atoms with Crippen LogP contribution in [-0.2, 0) is 9.53 Å². The van der Waals surface area contributed by atoms with Crippen LogP contribution in [0, 0.1) is 6.92 Å². The summed E-state index contributed by atoms with van der Waals surface area (Å²) in [5.41, 5.74) is 1.64. The Balaban J connectivity index is 2.07. The molecule has 0 fully saturated rings. The maximum Gasteiger partial charge on any atom is 0.342 e. The molecular formula is C20H23NO6. The van der Waals surface area contributed by atoms with Crippen LogP contribution in [0.2, 0.25) is 0 Å². The van der Waals surface area contributed by atoms with E-state index in [2.05, 4.69) is 5.32 Å². The van der Waals surface area contributed by atoms with Crippen LogP contribution in [-0.4, -0.2) is 39.3 Å². The molecule has 1 N–H and O–H groups in total. The van der Waals surface area contributed by atoms with Crippen molar-refractivity contribution >= 4 is 17.6 Å². The molecule has 7 heteroatoms. The van der Waals surface area contributed by atoms with Crippen molar-refractivity contribution < 1.29 is 28.5 Å². The lowest BCUT2D eigenvalue weighted by Crippen LogP contribution is -2.30. The SMILES string of the molecule is COc1ccc(NC(=O)[C@@H](C)OC(=O)c2cc(C)ccc2OC)cc1OC. The predicted octanol–water partition coefficient (Wildman–Crippen LogP) is 3.20. The Morgan fingerprint density at radius 3 is 2.15 bits per heavy atom. The summed E-state index contributed by atoms with van der Waals surface area (Å²) in [5, 5.41) is 2.68. The topological polar surface area (TPSA) is 83.1 Å². The van der Waals surface area contributed by atoms with Gasteiger partial charge in [-0.05, 0) is 38.1 Å². The minimum Gasteiger partial charge on any atom is -0.496 e. The number of hydrogen-bond acceptors (Lipinski definition) is 6. The van der Waals surface area contributed by atoms with Crippen molar-refractivity contribution in [2.24, 2.45) is 0 Å². The molecule has 2 rings (SSSR count). The van der Waals surface area contributed by atoms with E-state index in [0.29, 0.717) is 22.9 Å². The van der Waals surface area contributed by atoms with E-state index in [-0.39, 0.29) is 5.56 Å².